The summed E-state index contributed by atoms with van der Waals surface area (Å²) < 4.78 is 0. The zero-order valence-corrected chi connectivity index (χ0v) is 17.4. The molecule has 144 valence electrons. The summed E-state index contributed by atoms with van der Waals surface area (Å²) in [5.74, 6) is 0.169. The van der Waals surface area contributed by atoms with Crippen LogP contribution in [0.4, 0.5) is 0 Å². The van der Waals surface area contributed by atoms with Crippen LogP contribution in [0, 0.1) is 0 Å². The molecule has 0 bridgehead atoms. The maximum absolute atomic E-state index is 11.7. The number of nitrogens with zero attached hydrogens (tertiary/aromatic N) is 2. The second kappa shape index (κ2) is 9.09. The van der Waals surface area contributed by atoms with Crippen molar-refractivity contribution in [3.8, 4) is 0 Å². The summed E-state index contributed by atoms with van der Waals surface area (Å²) in [4.78, 5) is 16.2. The van der Waals surface area contributed by atoms with Crippen molar-refractivity contribution in [1.82, 2.24) is 9.80 Å². The van der Waals surface area contributed by atoms with Gasteiger partial charge in [-0.2, -0.15) is 0 Å². The van der Waals surface area contributed by atoms with E-state index in [1.165, 1.54) is 37.1 Å². The van der Waals surface area contributed by atoms with Crippen LogP contribution < -0.4 is 0 Å². The van der Waals surface area contributed by atoms with Crippen LogP contribution in [-0.2, 0) is 11.2 Å². The highest BCUT2D eigenvalue weighted by molar-refractivity contribution is 6.41. The summed E-state index contributed by atoms with van der Waals surface area (Å²) in [7, 11) is 1.95. The van der Waals surface area contributed by atoms with E-state index in [1.54, 1.807) is 19.1 Å². The van der Waals surface area contributed by atoms with Crippen molar-refractivity contribution in [3.05, 3.63) is 69.7 Å². The van der Waals surface area contributed by atoms with Gasteiger partial charge in [-0.1, -0.05) is 59.6 Å². The molecule has 2 aromatic rings. The molecule has 1 saturated heterocycles. The third-order valence-electron chi connectivity index (χ3n) is 5.52. The lowest BCUT2D eigenvalue weighted by molar-refractivity contribution is -0.130. The Bertz CT molecular complexity index is 768. The van der Waals surface area contributed by atoms with Crippen LogP contribution in [0.5, 0.6) is 0 Å². The summed E-state index contributed by atoms with van der Waals surface area (Å²) in [6, 6.07) is 16.6. The fourth-order valence-corrected chi connectivity index (χ4v) is 4.31. The Labute approximate surface area is 171 Å². The maximum atomic E-state index is 11.7. The predicted molar refractivity (Wildman–Crippen MR) is 112 cm³/mol. The predicted octanol–water partition coefficient (Wildman–Crippen LogP) is 5.22. The van der Waals surface area contributed by atoms with E-state index >= 15 is 0 Å². The molecule has 2 aromatic carbocycles. The van der Waals surface area contributed by atoms with Crippen molar-refractivity contribution in [2.75, 3.05) is 20.1 Å². The summed E-state index contributed by atoms with van der Waals surface area (Å²) in [6.07, 6.45) is 3.57. The SMILES string of the molecule is CC(=O)N(C)C1Cc2ccccc2C1N1CCCC1.Clc1ccccc1Cl. The Balaban J connectivity index is 0.000000221. The van der Waals surface area contributed by atoms with Gasteiger partial charge >= 0.3 is 0 Å². The van der Waals surface area contributed by atoms with Crippen LogP contribution in [0.1, 0.15) is 36.9 Å². The van der Waals surface area contributed by atoms with E-state index < -0.39 is 0 Å². The molecule has 0 aromatic heterocycles. The molecule has 0 radical (unpaired) electrons. The quantitative estimate of drug-likeness (QED) is 0.684. The lowest BCUT2D eigenvalue weighted by Gasteiger charge is -2.35. The Hall–Kier alpha value is -1.55. The molecule has 2 unspecified atom stereocenters. The van der Waals surface area contributed by atoms with E-state index in [9.17, 15) is 4.79 Å². The number of hydrogen-bond acceptors (Lipinski definition) is 2. The van der Waals surface area contributed by atoms with Crippen LogP contribution in [0.15, 0.2) is 48.5 Å². The van der Waals surface area contributed by atoms with Crippen LogP contribution in [-0.4, -0.2) is 41.9 Å². The van der Waals surface area contributed by atoms with E-state index in [2.05, 4.69) is 29.2 Å². The van der Waals surface area contributed by atoms with Gasteiger partial charge in [0.2, 0.25) is 5.91 Å². The van der Waals surface area contributed by atoms with Crippen LogP contribution in [0.3, 0.4) is 0 Å². The fourth-order valence-electron chi connectivity index (χ4n) is 4.03. The van der Waals surface area contributed by atoms with E-state index in [4.69, 9.17) is 23.2 Å². The van der Waals surface area contributed by atoms with Crippen molar-refractivity contribution in [1.29, 1.82) is 0 Å². The van der Waals surface area contributed by atoms with Crippen LogP contribution in [0.25, 0.3) is 0 Å². The lowest BCUT2D eigenvalue weighted by atomic mass is 10.0. The van der Waals surface area contributed by atoms with Crippen LogP contribution in [0.2, 0.25) is 10.0 Å². The number of benzene rings is 2. The molecule has 3 nitrogen and oxygen atoms in total. The second-order valence-corrected chi connectivity index (χ2v) is 8.02. The molecular formula is C22H26Cl2N2O. The highest BCUT2D eigenvalue weighted by Crippen LogP contribution is 2.39. The molecule has 0 N–H and O–H groups in total. The number of likely N-dealkylation sites (N-methyl/N-ethyl adjacent to an activating group) is 1. The first kappa shape index (κ1) is 20.2. The third-order valence-corrected chi connectivity index (χ3v) is 6.28. The molecule has 4 rings (SSSR count). The number of rotatable bonds is 2. The highest BCUT2D eigenvalue weighted by Gasteiger charge is 2.39. The number of carbonyl (C=O) groups excluding carboxylic acids is 1. The first-order valence-corrected chi connectivity index (χ1v) is 10.2. The van der Waals surface area contributed by atoms with Crippen molar-refractivity contribution in [3.63, 3.8) is 0 Å². The minimum absolute atomic E-state index is 0.169. The molecule has 5 heteroatoms. The minimum Gasteiger partial charge on any atom is -0.341 e. The zero-order valence-electron chi connectivity index (χ0n) is 15.9. The number of likely N-dealkylation sites (tertiary alicyclic amines) is 1. The first-order chi connectivity index (χ1) is 13.0. The normalized spacial score (nSPS) is 21.3. The number of halogens is 2. The monoisotopic (exact) mass is 404 g/mol. The van der Waals surface area contributed by atoms with E-state index in [0.29, 0.717) is 22.1 Å². The van der Waals surface area contributed by atoms with Gasteiger partial charge in [-0.15, -0.1) is 0 Å². The molecule has 2 atom stereocenters. The number of hydrogen-bond donors (Lipinski definition) is 0. The number of fused-ring (bicyclic) bond motifs is 1. The van der Waals surface area contributed by atoms with Gasteiger partial charge in [-0.25, -0.2) is 0 Å². The summed E-state index contributed by atoms with van der Waals surface area (Å²) >= 11 is 11.2. The molecular weight excluding hydrogens is 379 g/mol. The molecule has 0 spiro atoms. The Morgan fingerprint density at radius 1 is 1.00 bits per heavy atom. The topological polar surface area (TPSA) is 23.6 Å². The average molecular weight is 405 g/mol. The van der Waals surface area contributed by atoms with Gasteiger partial charge in [0.25, 0.3) is 0 Å². The molecule has 1 heterocycles. The Morgan fingerprint density at radius 3 is 2.11 bits per heavy atom. The molecule has 1 aliphatic carbocycles. The number of carbonyl (C=O) groups is 1. The molecule has 1 amide bonds. The first-order valence-electron chi connectivity index (χ1n) is 9.44. The van der Waals surface area contributed by atoms with Crippen molar-refractivity contribution >= 4 is 29.1 Å². The molecule has 1 fully saturated rings. The Kier molecular flexibility index (Phi) is 6.80. The fraction of sp³-hybridized carbons (Fsp3) is 0.409. The van der Waals surface area contributed by atoms with Crippen molar-refractivity contribution in [2.45, 2.75) is 38.3 Å². The maximum Gasteiger partial charge on any atom is 0.219 e. The molecule has 2 aliphatic rings. The summed E-state index contributed by atoms with van der Waals surface area (Å²) in [6.45, 7) is 4.01. The van der Waals surface area contributed by atoms with Gasteiger partial charge in [-0.3, -0.25) is 9.69 Å². The van der Waals surface area contributed by atoms with Gasteiger partial charge in [0.05, 0.1) is 22.1 Å². The van der Waals surface area contributed by atoms with E-state index in [-0.39, 0.29) is 5.91 Å². The standard InChI is InChI=1S/C16H22N2O.C6H4Cl2/c1-12(19)17(2)15-11-13-7-3-4-8-14(13)16(15)18-9-5-6-10-18;7-5-3-1-2-4-6(5)8/h3-4,7-8,15-16H,5-6,9-11H2,1-2H3;1-4H. The molecule has 27 heavy (non-hydrogen) atoms. The summed E-state index contributed by atoms with van der Waals surface area (Å²) in [5, 5.41) is 1.21. The Morgan fingerprint density at radius 2 is 1.56 bits per heavy atom. The highest BCUT2D eigenvalue weighted by atomic mass is 35.5. The zero-order chi connectivity index (χ0) is 19.4. The third kappa shape index (κ3) is 4.66. The summed E-state index contributed by atoms with van der Waals surface area (Å²) in [5.41, 5.74) is 2.85. The van der Waals surface area contributed by atoms with Crippen LogP contribution >= 0.6 is 23.2 Å². The van der Waals surface area contributed by atoms with Gasteiger partial charge < -0.3 is 4.90 Å². The lowest BCUT2D eigenvalue weighted by Crippen LogP contribution is -2.44. The average Bonchev–Trinajstić information content (AvgIpc) is 3.31. The van der Waals surface area contributed by atoms with Crippen molar-refractivity contribution < 1.29 is 4.79 Å². The second-order valence-electron chi connectivity index (χ2n) is 7.20. The van der Waals surface area contributed by atoms with E-state index in [1.807, 2.05) is 24.1 Å². The largest absolute Gasteiger partial charge is 0.341 e. The van der Waals surface area contributed by atoms with Gasteiger partial charge in [-0.05, 0) is 55.6 Å². The van der Waals surface area contributed by atoms with Gasteiger partial charge in [0, 0.05) is 14.0 Å². The minimum atomic E-state index is 0.169. The van der Waals surface area contributed by atoms with Crippen molar-refractivity contribution in [2.24, 2.45) is 0 Å². The van der Waals surface area contributed by atoms with E-state index in [0.717, 1.165) is 6.42 Å². The molecule has 1 aliphatic heterocycles. The number of amides is 1. The van der Waals surface area contributed by atoms with Gasteiger partial charge in [0.15, 0.2) is 0 Å². The smallest absolute Gasteiger partial charge is 0.219 e. The molecule has 0 saturated carbocycles. The van der Waals surface area contributed by atoms with Gasteiger partial charge in [0.1, 0.15) is 0 Å².